The Labute approximate surface area is 169 Å². The van der Waals surface area contributed by atoms with E-state index in [4.69, 9.17) is 21.9 Å². The Kier molecular flexibility index (Phi) is 6.99. The summed E-state index contributed by atoms with van der Waals surface area (Å²) in [7, 11) is 0. The average Bonchev–Trinajstić information content (AvgIpc) is 2.91. The van der Waals surface area contributed by atoms with Gasteiger partial charge in [0.15, 0.2) is 0 Å². The van der Waals surface area contributed by atoms with E-state index in [0.717, 1.165) is 28.3 Å². The highest BCUT2D eigenvalue weighted by atomic mass is 32.2. The first-order chi connectivity index (χ1) is 12.2. The van der Waals surface area contributed by atoms with Crippen molar-refractivity contribution in [3.05, 3.63) is 18.0 Å². The second kappa shape index (κ2) is 8.63. The smallest absolute Gasteiger partial charge is 0.419 e. The maximum absolute atomic E-state index is 12.6. The van der Waals surface area contributed by atoms with Crippen LogP contribution in [0, 0.1) is 0 Å². The lowest BCUT2D eigenvalue weighted by Crippen LogP contribution is -2.24. The first-order valence-corrected chi connectivity index (χ1v) is 10.4. The van der Waals surface area contributed by atoms with E-state index in [2.05, 4.69) is 24.9 Å². The normalized spacial score (nSPS) is 11.6. The van der Waals surface area contributed by atoms with Gasteiger partial charge in [-0.15, -0.1) is 24.4 Å². The molecule has 8 heteroatoms. The van der Waals surface area contributed by atoms with Crippen molar-refractivity contribution < 1.29 is 9.53 Å². The van der Waals surface area contributed by atoms with Crippen LogP contribution in [0.15, 0.2) is 17.0 Å². The van der Waals surface area contributed by atoms with E-state index in [-0.39, 0.29) is 5.41 Å². The van der Waals surface area contributed by atoms with Gasteiger partial charge in [-0.3, -0.25) is 0 Å². The lowest BCUT2D eigenvalue weighted by atomic mass is 9.96. The molecule has 1 heterocycles. The molecule has 0 unspecified atom stereocenters. The van der Waals surface area contributed by atoms with Crippen LogP contribution in [0.4, 0.5) is 10.5 Å². The number of thioether (sulfide) groups is 1. The molecule has 0 bridgehead atoms. The summed E-state index contributed by atoms with van der Waals surface area (Å²) in [6.07, 6.45) is 0.631. The number of ether oxygens (including phenoxy) is 1. The van der Waals surface area contributed by atoms with E-state index in [1.54, 1.807) is 23.3 Å². The van der Waals surface area contributed by atoms with Crippen molar-refractivity contribution in [2.45, 2.75) is 51.3 Å². The molecule has 2 rings (SSSR count). The third-order valence-electron chi connectivity index (χ3n) is 3.58. The van der Waals surface area contributed by atoms with Crippen molar-refractivity contribution in [2.75, 3.05) is 17.7 Å². The van der Waals surface area contributed by atoms with E-state index in [1.165, 1.54) is 0 Å². The number of nitrogens with one attached hydrogen (secondary N) is 1. The van der Waals surface area contributed by atoms with E-state index < -0.39 is 6.09 Å². The van der Waals surface area contributed by atoms with Gasteiger partial charge in [-0.1, -0.05) is 39.9 Å². The molecule has 2 aromatic rings. The number of rotatable bonds is 5. The van der Waals surface area contributed by atoms with E-state index in [0.29, 0.717) is 22.3 Å². The molecule has 0 fully saturated rings. The van der Waals surface area contributed by atoms with Crippen LogP contribution < -0.4 is 5.32 Å². The Hall–Kier alpha value is -1.25. The third kappa shape index (κ3) is 4.72. The molecular weight excluding hydrogens is 386 g/mol. The van der Waals surface area contributed by atoms with Crippen molar-refractivity contribution in [3.63, 3.8) is 0 Å². The van der Waals surface area contributed by atoms with Crippen molar-refractivity contribution in [2.24, 2.45) is 0 Å². The molecule has 0 saturated carbocycles. The van der Waals surface area contributed by atoms with Crippen LogP contribution in [-0.4, -0.2) is 32.3 Å². The fourth-order valence-corrected chi connectivity index (χ4v) is 3.64. The molecule has 0 radical (unpaired) electrons. The minimum atomic E-state index is -0.423. The number of benzene rings is 1. The zero-order valence-electron chi connectivity index (χ0n) is 15.8. The monoisotopic (exact) mass is 411 g/mol. The van der Waals surface area contributed by atoms with Crippen LogP contribution >= 0.6 is 36.6 Å². The Morgan fingerprint density at radius 3 is 2.62 bits per heavy atom. The number of nitrogens with zero attached hydrogens (tertiary/aromatic N) is 2. The van der Waals surface area contributed by atoms with Crippen molar-refractivity contribution >= 4 is 63.7 Å². The first-order valence-electron chi connectivity index (χ1n) is 8.55. The third-order valence-corrected chi connectivity index (χ3v) is 5.06. The van der Waals surface area contributed by atoms with Gasteiger partial charge in [-0.25, -0.2) is 14.3 Å². The Balaban J connectivity index is 2.72. The van der Waals surface area contributed by atoms with E-state index in [9.17, 15) is 4.79 Å². The summed E-state index contributed by atoms with van der Waals surface area (Å²) < 4.78 is 7.20. The molecule has 0 aliphatic carbocycles. The minimum Gasteiger partial charge on any atom is -0.449 e. The molecule has 1 N–H and O–H groups in total. The van der Waals surface area contributed by atoms with Crippen LogP contribution in [0.3, 0.4) is 0 Å². The fourth-order valence-electron chi connectivity index (χ4n) is 2.52. The van der Waals surface area contributed by atoms with Gasteiger partial charge < -0.3 is 10.1 Å². The molecule has 1 aromatic heterocycles. The summed E-state index contributed by atoms with van der Waals surface area (Å²) in [5, 5.41) is 3.10. The van der Waals surface area contributed by atoms with Gasteiger partial charge in [-0.2, -0.15) is 0 Å². The highest BCUT2D eigenvalue weighted by Crippen LogP contribution is 2.35. The van der Waals surface area contributed by atoms with Gasteiger partial charge in [-0.05, 0) is 31.2 Å². The van der Waals surface area contributed by atoms with Gasteiger partial charge >= 0.3 is 6.09 Å². The molecule has 5 nitrogen and oxygen atoms in total. The van der Waals surface area contributed by atoms with Gasteiger partial charge in [0.2, 0.25) is 0 Å². The SMILES string of the molecule is CCCSc1cc2nc(C(C)(C)C)n(C(=O)OCC)c2cc1NC(=S)S. The number of hydrogen-bond donors (Lipinski definition) is 2. The van der Waals surface area contributed by atoms with E-state index in [1.807, 2.05) is 32.9 Å². The van der Waals surface area contributed by atoms with Gasteiger partial charge in [0.1, 0.15) is 10.1 Å². The zero-order valence-corrected chi connectivity index (χ0v) is 18.3. The maximum Gasteiger partial charge on any atom is 0.419 e. The summed E-state index contributed by atoms with van der Waals surface area (Å²) in [4.78, 5) is 18.4. The molecule has 0 spiro atoms. The van der Waals surface area contributed by atoms with Crippen molar-refractivity contribution in [3.8, 4) is 0 Å². The number of anilines is 1. The molecule has 1 aromatic carbocycles. The number of imidazole rings is 1. The van der Waals surface area contributed by atoms with Gasteiger partial charge in [0.25, 0.3) is 0 Å². The number of thiol groups is 1. The minimum absolute atomic E-state index is 0.304. The van der Waals surface area contributed by atoms with Crippen LogP contribution in [0.1, 0.15) is 46.9 Å². The predicted molar refractivity (Wildman–Crippen MR) is 117 cm³/mol. The lowest BCUT2D eigenvalue weighted by molar-refractivity contribution is 0.153. The molecule has 26 heavy (non-hydrogen) atoms. The summed E-state index contributed by atoms with van der Waals surface area (Å²) in [5.41, 5.74) is 1.97. The molecule has 142 valence electrons. The Morgan fingerprint density at radius 2 is 2.08 bits per heavy atom. The number of hydrogen-bond acceptors (Lipinski definition) is 5. The largest absolute Gasteiger partial charge is 0.449 e. The topological polar surface area (TPSA) is 56.2 Å². The summed E-state index contributed by atoms with van der Waals surface area (Å²) in [6, 6.07) is 3.89. The second-order valence-electron chi connectivity index (χ2n) is 6.84. The maximum atomic E-state index is 12.6. The summed E-state index contributed by atoms with van der Waals surface area (Å²) >= 11 is 11.0. The molecule has 0 atom stereocenters. The van der Waals surface area contributed by atoms with Crippen LogP contribution in [0.25, 0.3) is 11.0 Å². The van der Waals surface area contributed by atoms with Crippen LogP contribution in [-0.2, 0) is 10.2 Å². The highest BCUT2D eigenvalue weighted by molar-refractivity contribution is 8.11. The first kappa shape index (κ1) is 21.1. The number of carbonyl (C=O) groups excluding carboxylic acids is 1. The van der Waals surface area contributed by atoms with Crippen molar-refractivity contribution in [1.29, 1.82) is 0 Å². The van der Waals surface area contributed by atoms with Crippen LogP contribution in [0.5, 0.6) is 0 Å². The molecule has 0 aliphatic rings. The van der Waals surface area contributed by atoms with Crippen LogP contribution in [0.2, 0.25) is 0 Å². The second-order valence-corrected chi connectivity index (χ2v) is 9.13. The number of aromatic nitrogens is 2. The molecular formula is C18H25N3O2S3. The number of fused-ring (bicyclic) bond motifs is 1. The predicted octanol–water partition coefficient (Wildman–Crippen LogP) is 5.47. The zero-order chi connectivity index (χ0) is 19.5. The quantitative estimate of drug-likeness (QED) is 0.387. The van der Waals surface area contributed by atoms with Crippen molar-refractivity contribution in [1.82, 2.24) is 9.55 Å². The molecule has 0 aliphatic heterocycles. The van der Waals surface area contributed by atoms with E-state index >= 15 is 0 Å². The number of thiocarbonyl (C=S) groups is 1. The van der Waals surface area contributed by atoms with Gasteiger partial charge in [0.05, 0.1) is 23.3 Å². The highest BCUT2D eigenvalue weighted by Gasteiger charge is 2.27. The average molecular weight is 412 g/mol. The fraction of sp³-hybridized carbons (Fsp3) is 0.500. The number of carbonyl (C=O) groups is 1. The standard InChI is InChI=1S/C18H25N3O2S3/c1-6-8-26-14-10-11-13(9-12(14)20-16(24)25)21(17(22)23-7-2)15(19-11)18(3,4)5/h9-10H,6-8H2,1-5H3,(H2,20,24,25). The summed E-state index contributed by atoms with van der Waals surface area (Å²) in [6.45, 7) is 10.3. The van der Waals surface area contributed by atoms with Gasteiger partial charge in [0, 0.05) is 10.3 Å². The Morgan fingerprint density at radius 1 is 1.38 bits per heavy atom. The summed E-state index contributed by atoms with van der Waals surface area (Å²) in [5.74, 6) is 1.65. The molecule has 0 amide bonds. The molecule has 0 saturated heterocycles. The Bertz CT molecular complexity index is 825. The lowest BCUT2D eigenvalue weighted by Gasteiger charge is -2.19.